The van der Waals surface area contributed by atoms with E-state index in [-0.39, 0.29) is 21.1 Å². The van der Waals surface area contributed by atoms with Crippen LogP contribution in [0.25, 0.3) is 44.4 Å². The Hall–Kier alpha value is -4.47. The molecular formula is C39H34N4OPt. The molecule has 0 saturated carbocycles. The first-order valence-electron chi connectivity index (χ1n) is 14.9. The quantitative estimate of drug-likeness (QED) is 0.164. The molecule has 5 nitrogen and oxygen atoms in total. The molecule has 0 aliphatic heterocycles. The molecule has 7 aromatic rings. The zero-order valence-corrected chi connectivity index (χ0v) is 28.8. The summed E-state index contributed by atoms with van der Waals surface area (Å²) in [6.07, 6.45) is 1.85. The Kier molecular flexibility index (Phi) is 8.01. The standard InChI is InChI=1S/C39H34N4O.Pt/c1-23-17-18-40-37(19-23)42-35-14-9-8-13-33(35)34-16-15-32(22-36(34)42)44-31-12-10-11-30(21-31)43-29(7)39(28(6)41-43)38-25(3)20-24(2)26(4)27(38)5;/h8-20H,1-7H3;/q-2;+2. The minimum Gasteiger partial charge on any atom is -0.509 e. The molecule has 226 valence electrons. The first-order chi connectivity index (χ1) is 21.2. The minimum absolute atomic E-state index is 0. The van der Waals surface area contributed by atoms with E-state index in [1.54, 1.807) is 0 Å². The van der Waals surface area contributed by atoms with Crippen molar-refractivity contribution in [2.24, 2.45) is 0 Å². The molecular weight excluding hydrogens is 736 g/mol. The third kappa shape index (κ3) is 5.19. The number of fused-ring (bicyclic) bond motifs is 3. The van der Waals surface area contributed by atoms with Gasteiger partial charge in [0.05, 0.1) is 5.69 Å². The second-order valence-corrected chi connectivity index (χ2v) is 11.7. The second kappa shape index (κ2) is 11.8. The SMILES string of the molecule is Cc1ccnc(-n2c3[c-]c(Oc4[c-]c(-n5nc(C)c(-c6c(C)cc(C)c(C)c6C)c5C)ccc4)ccc3c3ccccc32)c1.[Pt+2]. The number of benzene rings is 4. The van der Waals surface area contributed by atoms with Gasteiger partial charge in [0.1, 0.15) is 5.82 Å². The van der Waals surface area contributed by atoms with Gasteiger partial charge in [-0.3, -0.25) is 4.68 Å². The Morgan fingerprint density at radius 3 is 2.27 bits per heavy atom. The molecule has 0 aliphatic rings. The predicted octanol–water partition coefficient (Wildman–Crippen LogP) is 9.58. The summed E-state index contributed by atoms with van der Waals surface area (Å²) < 4.78 is 10.5. The molecule has 0 N–H and O–H groups in total. The van der Waals surface area contributed by atoms with Crippen LogP contribution in [0.2, 0.25) is 0 Å². The van der Waals surface area contributed by atoms with Crippen molar-refractivity contribution in [3.05, 3.63) is 130 Å². The van der Waals surface area contributed by atoms with Crippen LogP contribution < -0.4 is 4.74 Å². The van der Waals surface area contributed by atoms with Crippen LogP contribution in [-0.4, -0.2) is 19.3 Å². The Morgan fingerprint density at radius 2 is 1.47 bits per heavy atom. The normalized spacial score (nSPS) is 11.3. The smallest absolute Gasteiger partial charge is 0.509 e. The molecule has 0 amide bonds. The first kappa shape index (κ1) is 30.6. The average molecular weight is 770 g/mol. The molecule has 0 spiro atoms. The second-order valence-electron chi connectivity index (χ2n) is 11.7. The van der Waals surface area contributed by atoms with E-state index in [1.165, 1.54) is 33.4 Å². The first-order valence-corrected chi connectivity index (χ1v) is 14.9. The number of hydrogen-bond acceptors (Lipinski definition) is 3. The maximum Gasteiger partial charge on any atom is 2.00 e. The van der Waals surface area contributed by atoms with Crippen molar-refractivity contribution in [2.45, 2.75) is 48.5 Å². The summed E-state index contributed by atoms with van der Waals surface area (Å²) in [4.78, 5) is 4.69. The van der Waals surface area contributed by atoms with Crippen LogP contribution in [0.3, 0.4) is 0 Å². The summed E-state index contributed by atoms with van der Waals surface area (Å²) in [5.74, 6) is 2.06. The Labute approximate surface area is 278 Å². The third-order valence-electron chi connectivity index (χ3n) is 8.79. The monoisotopic (exact) mass is 769 g/mol. The summed E-state index contributed by atoms with van der Waals surface area (Å²) >= 11 is 0. The van der Waals surface area contributed by atoms with Crippen LogP contribution in [0.5, 0.6) is 11.5 Å². The van der Waals surface area contributed by atoms with Gasteiger partial charge in [0.15, 0.2) is 0 Å². The van der Waals surface area contributed by atoms with Crippen LogP contribution in [0.1, 0.15) is 39.2 Å². The van der Waals surface area contributed by atoms with Crippen LogP contribution in [-0.2, 0) is 21.1 Å². The molecule has 0 aliphatic carbocycles. The van der Waals surface area contributed by atoms with Gasteiger partial charge in [-0.2, -0.15) is 17.2 Å². The van der Waals surface area contributed by atoms with E-state index < -0.39 is 0 Å². The van der Waals surface area contributed by atoms with Gasteiger partial charge in [-0.05, 0) is 111 Å². The molecule has 0 bridgehead atoms. The van der Waals surface area contributed by atoms with E-state index >= 15 is 0 Å². The fourth-order valence-electron chi connectivity index (χ4n) is 6.46. The molecule has 6 heteroatoms. The maximum absolute atomic E-state index is 6.40. The summed E-state index contributed by atoms with van der Waals surface area (Å²) in [6, 6.07) is 31.7. The summed E-state index contributed by atoms with van der Waals surface area (Å²) in [5, 5.41) is 7.22. The number of aryl methyl sites for hydroxylation is 4. The summed E-state index contributed by atoms with van der Waals surface area (Å²) in [5.41, 5.74) is 13.7. The largest absolute Gasteiger partial charge is 2.00 e. The zero-order chi connectivity index (χ0) is 30.7. The van der Waals surface area contributed by atoms with Gasteiger partial charge in [-0.1, -0.05) is 29.8 Å². The molecule has 0 fully saturated rings. The van der Waals surface area contributed by atoms with Crippen molar-refractivity contribution in [1.82, 2.24) is 19.3 Å². The van der Waals surface area contributed by atoms with Crippen molar-refractivity contribution < 1.29 is 25.8 Å². The topological polar surface area (TPSA) is 44.9 Å². The minimum atomic E-state index is 0. The molecule has 3 aromatic heterocycles. The van der Waals surface area contributed by atoms with Gasteiger partial charge in [-0.15, -0.1) is 35.7 Å². The number of para-hydroxylation sites is 1. The van der Waals surface area contributed by atoms with Crippen molar-refractivity contribution in [2.75, 3.05) is 0 Å². The van der Waals surface area contributed by atoms with Gasteiger partial charge < -0.3 is 9.30 Å². The van der Waals surface area contributed by atoms with Crippen LogP contribution >= 0.6 is 0 Å². The molecule has 0 saturated heterocycles. The van der Waals surface area contributed by atoms with Crippen LogP contribution in [0.15, 0.2) is 79.0 Å². The van der Waals surface area contributed by atoms with Crippen LogP contribution in [0, 0.1) is 60.6 Å². The predicted molar refractivity (Wildman–Crippen MR) is 178 cm³/mol. The van der Waals surface area contributed by atoms with E-state index in [4.69, 9.17) is 9.84 Å². The molecule has 0 radical (unpaired) electrons. The van der Waals surface area contributed by atoms with E-state index in [1.807, 2.05) is 41.2 Å². The van der Waals surface area contributed by atoms with Gasteiger partial charge in [0.25, 0.3) is 0 Å². The van der Waals surface area contributed by atoms with Gasteiger partial charge in [-0.25, -0.2) is 4.98 Å². The molecule has 4 aromatic carbocycles. The van der Waals surface area contributed by atoms with Crippen molar-refractivity contribution in [3.8, 4) is 34.1 Å². The van der Waals surface area contributed by atoms with Crippen molar-refractivity contribution in [1.29, 1.82) is 0 Å². The molecule has 45 heavy (non-hydrogen) atoms. The number of aromatic nitrogens is 4. The number of rotatable bonds is 5. The molecule has 0 unspecified atom stereocenters. The van der Waals surface area contributed by atoms with Gasteiger partial charge in [0.2, 0.25) is 0 Å². The number of ether oxygens (including phenoxy) is 1. The van der Waals surface area contributed by atoms with Crippen LogP contribution in [0.4, 0.5) is 0 Å². The van der Waals surface area contributed by atoms with Crippen molar-refractivity contribution in [3.63, 3.8) is 0 Å². The average Bonchev–Trinajstić information content (AvgIpc) is 3.49. The molecule has 0 atom stereocenters. The number of pyridine rings is 1. The Bertz CT molecular complexity index is 2240. The fraction of sp³-hybridized carbons (Fsp3) is 0.179. The van der Waals surface area contributed by atoms with Crippen molar-refractivity contribution >= 4 is 21.8 Å². The number of hydrogen-bond donors (Lipinski definition) is 0. The van der Waals surface area contributed by atoms with E-state index in [9.17, 15) is 0 Å². The van der Waals surface area contributed by atoms with Gasteiger partial charge >= 0.3 is 21.1 Å². The third-order valence-corrected chi connectivity index (χ3v) is 8.79. The Balaban J connectivity index is 0.00000357. The van der Waals surface area contributed by atoms with E-state index in [2.05, 4.69) is 113 Å². The maximum atomic E-state index is 6.40. The summed E-state index contributed by atoms with van der Waals surface area (Å²) in [6.45, 7) is 15.1. The zero-order valence-electron chi connectivity index (χ0n) is 26.5. The summed E-state index contributed by atoms with van der Waals surface area (Å²) in [7, 11) is 0. The molecule has 3 heterocycles. The Morgan fingerprint density at radius 1 is 0.689 bits per heavy atom. The fourth-order valence-corrected chi connectivity index (χ4v) is 6.46. The number of nitrogens with zero attached hydrogens (tertiary/aromatic N) is 4. The molecule has 7 rings (SSSR count). The van der Waals surface area contributed by atoms with E-state index in [0.29, 0.717) is 11.5 Å². The van der Waals surface area contributed by atoms with E-state index in [0.717, 1.165) is 50.3 Å². The van der Waals surface area contributed by atoms with Gasteiger partial charge in [0, 0.05) is 34.5 Å².